The SMILES string of the molecule is CCCOC(=O)c1cccc(C(=O)NCc2nc(-c3ccc(OC(F)F)c(OCC4CC4)c3)oc2C(C)N)n1.Cl.Cl. The Balaban J connectivity index is 0.00000294. The normalized spacial score (nSPS) is 13.0. The van der Waals surface area contributed by atoms with E-state index in [0.717, 1.165) is 12.8 Å². The van der Waals surface area contributed by atoms with Crippen molar-refractivity contribution < 1.29 is 37.0 Å². The second-order valence-electron chi connectivity index (χ2n) is 9.14. The smallest absolute Gasteiger partial charge is 0.387 e. The lowest BCUT2D eigenvalue weighted by Gasteiger charge is -2.12. The molecule has 0 saturated heterocycles. The maximum Gasteiger partial charge on any atom is 0.387 e. The van der Waals surface area contributed by atoms with Crippen molar-refractivity contribution in [1.29, 1.82) is 0 Å². The predicted octanol–water partition coefficient (Wildman–Crippen LogP) is 5.49. The van der Waals surface area contributed by atoms with Crippen molar-refractivity contribution in [3.63, 3.8) is 0 Å². The highest BCUT2D eigenvalue weighted by atomic mass is 35.5. The molecule has 14 heteroatoms. The number of nitrogens with two attached hydrogens (primary N) is 1. The molecule has 3 N–H and O–H groups in total. The summed E-state index contributed by atoms with van der Waals surface area (Å²) in [6.45, 7) is 1.17. The number of hydrogen-bond donors (Lipinski definition) is 2. The monoisotopic (exact) mass is 616 g/mol. The number of carbonyl (C=O) groups excluding carboxylic acids is 2. The number of amides is 1. The van der Waals surface area contributed by atoms with E-state index in [4.69, 9.17) is 19.6 Å². The number of nitrogens with zero attached hydrogens (tertiary/aromatic N) is 2. The molecule has 224 valence electrons. The molecular formula is C27H32Cl2F2N4O6. The van der Waals surface area contributed by atoms with Crippen LogP contribution in [0.15, 0.2) is 40.8 Å². The Labute approximate surface area is 248 Å². The van der Waals surface area contributed by atoms with Crippen LogP contribution in [0.4, 0.5) is 8.78 Å². The first-order valence-corrected chi connectivity index (χ1v) is 12.6. The van der Waals surface area contributed by atoms with E-state index in [2.05, 4.69) is 20.0 Å². The van der Waals surface area contributed by atoms with Crippen LogP contribution in [0.3, 0.4) is 0 Å². The van der Waals surface area contributed by atoms with E-state index in [1.165, 1.54) is 36.4 Å². The molecule has 1 saturated carbocycles. The lowest BCUT2D eigenvalue weighted by molar-refractivity contribution is -0.0515. The Morgan fingerprint density at radius 2 is 1.85 bits per heavy atom. The summed E-state index contributed by atoms with van der Waals surface area (Å²) in [4.78, 5) is 33.4. The third kappa shape index (κ3) is 9.27. The number of benzene rings is 1. The molecule has 1 unspecified atom stereocenters. The first kappa shape index (κ1) is 33.7. The number of ether oxygens (including phenoxy) is 3. The first-order chi connectivity index (χ1) is 18.7. The van der Waals surface area contributed by atoms with Crippen molar-refractivity contribution in [3.8, 4) is 23.0 Å². The topological polar surface area (TPSA) is 139 Å². The van der Waals surface area contributed by atoms with Crippen molar-refractivity contribution in [2.75, 3.05) is 13.2 Å². The van der Waals surface area contributed by atoms with Gasteiger partial charge in [-0.05, 0) is 62.4 Å². The second-order valence-corrected chi connectivity index (χ2v) is 9.14. The van der Waals surface area contributed by atoms with Crippen molar-refractivity contribution in [3.05, 3.63) is 59.2 Å². The molecule has 2 heterocycles. The summed E-state index contributed by atoms with van der Waals surface area (Å²) in [5.74, 6) is -0.185. The zero-order valence-corrected chi connectivity index (χ0v) is 24.1. The molecule has 0 radical (unpaired) electrons. The average molecular weight is 617 g/mol. The quantitative estimate of drug-likeness (QED) is 0.239. The van der Waals surface area contributed by atoms with E-state index in [1.807, 2.05) is 6.92 Å². The first-order valence-electron chi connectivity index (χ1n) is 12.6. The molecule has 1 aliphatic rings. The fraction of sp³-hybridized carbons (Fsp3) is 0.407. The predicted molar refractivity (Wildman–Crippen MR) is 150 cm³/mol. The van der Waals surface area contributed by atoms with Gasteiger partial charge in [0.2, 0.25) is 5.89 Å². The van der Waals surface area contributed by atoms with Crippen LogP contribution in [0.5, 0.6) is 11.5 Å². The van der Waals surface area contributed by atoms with Gasteiger partial charge in [-0.1, -0.05) is 13.0 Å². The molecule has 1 atom stereocenters. The van der Waals surface area contributed by atoms with Gasteiger partial charge < -0.3 is 29.7 Å². The lowest BCUT2D eigenvalue weighted by atomic mass is 10.2. The van der Waals surface area contributed by atoms with Crippen LogP contribution < -0.4 is 20.5 Å². The van der Waals surface area contributed by atoms with E-state index >= 15 is 0 Å². The van der Waals surface area contributed by atoms with Crippen molar-refractivity contribution in [2.24, 2.45) is 11.7 Å². The zero-order chi connectivity index (χ0) is 27.9. The minimum atomic E-state index is -3.00. The molecule has 1 aromatic carbocycles. The Bertz CT molecular complexity index is 1320. The number of carbonyl (C=O) groups is 2. The van der Waals surface area contributed by atoms with E-state index in [0.29, 0.717) is 36.0 Å². The summed E-state index contributed by atoms with van der Waals surface area (Å²) in [5.41, 5.74) is 6.96. The highest BCUT2D eigenvalue weighted by Gasteiger charge is 2.24. The standard InChI is InChI=1S/C27H30F2N4O6.2ClH/c1-3-11-36-26(35)19-6-4-5-18(32-19)24(34)31-13-20-23(15(2)30)39-25(33-20)17-9-10-21(38-27(28)29)22(12-17)37-14-16-7-8-16;;/h4-6,9-10,12,15-16,27H,3,7-8,11,13-14,30H2,1-2H3,(H,31,34);2*1H. The molecule has 10 nitrogen and oxygen atoms in total. The summed E-state index contributed by atoms with van der Waals surface area (Å²) < 4.78 is 47.1. The van der Waals surface area contributed by atoms with Gasteiger partial charge in [-0.15, -0.1) is 24.8 Å². The molecule has 0 bridgehead atoms. The van der Waals surface area contributed by atoms with Gasteiger partial charge in [0.1, 0.15) is 22.8 Å². The van der Waals surface area contributed by atoms with E-state index in [9.17, 15) is 18.4 Å². The number of oxazole rings is 1. The van der Waals surface area contributed by atoms with Gasteiger partial charge in [-0.25, -0.2) is 14.8 Å². The highest BCUT2D eigenvalue weighted by molar-refractivity contribution is 5.94. The van der Waals surface area contributed by atoms with E-state index in [-0.39, 0.29) is 66.7 Å². The van der Waals surface area contributed by atoms with Gasteiger partial charge in [0.05, 0.1) is 25.8 Å². The molecule has 4 rings (SSSR count). The lowest BCUT2D eigenvalue weighted by Crippen LogP contribution is -2.25. The van der Waals surface area contributed by atoms with Crippen LogP contribution in [0, 0.1) is 5.92 Å². The Hall–Kier alpha value is -3.48. The molecule has 3 aromatic rings. The van der Waals surface area contributed by atoms with Gasteiger partial charge in [0, 0.05) is 5.56 Å². The second kappa shape index (κ2) is 15.5. The number of esters is 1. The maximum atomic E-state index is 12.9. The van der Waals surface area contributed by atoms with Crippen LogP contribution in [0.2, 0.25) is 0 Å². The molecule has 0 spiro atoms. The maximum absolute atomic E-state index is 12.9. The summed E-state index contributed by atoms with van der Waals surface area (Å²) in [6.07, 6.45) is 2.72. The largest absolute Gasteiger partial charge is 0.489 e. The van der Waals surface area contributed by atoms with Crippen LogP contribution in [0.1, 0.15) is 71.6 Å². The molecular weight excluding hydrogens is 585 g/mol. The number of rotatable bonds is 13. The van der Waals surface area contributed by atoms with Gasteiger partial charge in [-0.2, -0.15) is 8.78 Å². The Kier molecular flexibility index (Phi) is 12.8. The zero-order valence-electron chi connectivity index (χ0n) is 22.4. The molecule has 2 aromatic heterocycles. The fourth-order valence-corrected chi connectivity index (χ4v) is 3.61. The van der Waals surface area contributed by atoms with Gasteiger partial charge in [0.15, 0.2) is 11.5 Å². The molecule has 41 heavy (non-hydrogen) atoms. The van der Waals surface area contributed by atoms with Crippen LogP contribution in [-0.2, 0) is 11.3 Å². The van der Waals surface area contributed by atoms with Crippen LogP contribution >= 0.6 is 24.8 Å². The minimum absolute atomic E-state index is 0. The molecule has 0 aliphatic heterocycles. The number of halogens is 4. The summed E-state index contributed by atoms with van der Waals surface area (Å²) in [7, 11) is 0. The minimum Gasteiger partial charge on any atom is -0.489 e. The third-order valence-electron chi connectivity index (χ3n) is 5.76. The number of aromatic nitrogens is 2. The molecule has 1 amide bonds. The van der Waals surface area contributed by atoms with E-state index in [1.54, 1.807) is 6.92 Å². The molecule has 1 aliphatic carbocycles. The number of alkyl halides is 2. The van der Waals surface area contributed by atoms with Gasteiger partial charge >= 0.3 is 12.6 Å². The van der Waals surface area contributed by atoms with E-state index < -0.39 is 24.5 Å². The fourth-order valence-electron chi connectivity index (χ4n) is 3.61. The Morgan fingerprint density at radius 3 is 2.51 bits per heavy atom. The number of pyridine rings is 1. The van der Waals surface area contributed by atoms with Gasteiger partial charge in [-0.3, -0.25) is 4.79 Å². The van der Waals surface area contributed by atoms with Crippen molar-refractivity contribution >= 4 is 36.7 Å². The summed E-state index contributed by atoms with van der Waals surface area (Å²) in [5, 5.41) is 2.71. The Morgan fingerprint density at radius 1 is 1.12 bits per heavy atom. The van der Waals surface area contributed by atoms with Crippen LogP contribution in [0.25, 0.3) is 11.5 Å². The van der Waals surface area contributed by atoms with Crippen LogP contribution in [-0.4, -0.2) is 41.7 Å². The third-order valence-corrected chi connectivity index (χ3v) is 5.76. The highest BCUT2D eigenvalue weighted by Crippen LogP contribution is 2.37. The summed E-state index contributed by atoms with van der Waals surface area (Å²) in [6, 6.07) is 8.33. The number of hydrogen-bond acceptors (Lipinski definition) is 9. The summed E-state index contributed by atoms with van der Waals surface area (Å²) >= 11 is 0. The molecule has 1 fully saturated rings. The van der Waals surface area contributed by atoms with Gasteiger partial charge in [0.25, 0.3) is 5.91 Å². The number of nitrogens with one attached hydrogen (secondary N) is 1. The van der Waals surface area contributed by atoms with Crippen molar-refractivity contribution in [2.45, 2.75) is 52.3 Å². The average Bonchev–Trinajstić information content (AvgIpc) is 3.65. The van der Waals surface area contributed by atoms with Crippen molar-refractivity contribution in [1.82, 2.24) is 15.3 Å².